The summed E-state index contributed by atoms with van der Waals surface area (Å²) in [5.74, 6) is -2.34. The van der Waals surface area contributed by atoms with Crippen LogP contribution in [0.5, 0.6) is 5.75 Å². The zero-order valence-corrected chi connectivity index (χ0v) is 18.3. The van der Waals surface area contributed by atoms with E-state index >= 15 is 0 Å². The van der Waals surface area contributed by atoms with Crippen molar-refractivity contribution in [2.75, 3.05) is 13.7 Å². The lowest BCUT2D eigenvalue weighted by atomic mass is 9.89. The molecule has 1 fully saturated rings. The molecule has 0 radical (unpaired) electrons. The Morgan fingerprint density at radius 2 is 1.75 bits per heavy atom. The average Bonchev–Trinajstić information content (AvgIpc) is 2.59. The lowest BCUT2D eigenvalue weighted by molar-refractivity contribution is -0.0696. The second-order valence-electron chi connectivity index (χ2n) is 9.49. The van der Waals surface area contributed by atoms with Crippen molar-refractivity contribution >= 4 is 12.0 Å². The molecule has 1 aromatic rings. The summed E-state index contributed by atoms with van der Waals surface area (Å²) in [5, 5.41) is 0. The highest BCUT2D eigenvalue weighted by molar-refractivity contribution is 5.64. The molecule has 158 valence electrons. The third-order valence-electron chi connectivity index (χ3n) is 5.25. The highest BCUT2D eigenvalue weighted by atomic mass is 19.3. The minimum atomic E-state index is -2.85. The van der Waals surface area contributed by atoms with Gasteiger partial charge in [0.05, 0.1) is 12.0 Å². The van der Waals surface area contributed by atoms with Gasteiger partial charge in [-0.05, 0) is 55.4 Å². The SMILES string of the molecule is Cc1cc(OCC(F)(F)CC(C)(C)C)c(C)cc1/N=C/N(C)C1CCCCC1. The number of rotatable bonds is 7. The van der Waals surface area contributed by atoms with Crippen molar-refractivity contribution in [1.82, 2.24) is 4.90 Å². The van der Waals surface area contributed by atoms with Gasteiger partial charge in [-0.25, -0.2) is 13.8 Å². The topological polar surface area (TPSA) is 24.8 Å². The molecule has 0 bridgehead atoms. The van der Waals surface area contributed by atoms with Gasteiger partial charge in [0.2, 0.25) is 0 Å². The number of halogens is 2. The van der Waals surface area contributed by atoms with E-state index in [9.17, 15) is 8.78 Å². The van der Waals surface area contributed by atoms with Gasteiger partial charge in [0, 0.05) is 19.5 Å². The van der Waals surface area contributed by atoms with E-state index < -0.39 is 17.9 Å². The largest absolute Gasteiger partial charge is 0.487 e. The Kier molecular flexibility index (Phi) is 7.46. The summed E-state index contributed by atoms with van der Waals surface area (Å²) in [5.41, 5.74) is 2.16. The van der Waals surface area contributed by atoms with Crippen molar-refractivity contribution in [1.29, 1.82) is 0 Å². The summed E-state index contributed by atoms with van der Waals surface area (Å²) in [6.07, 6.45) is 8.03. The maximum atomic E-state index is 14.1. The lowest BCUT2D eigenvalue weighted by Crippen LogP contribution is -2.32. The number of alkyl halides is 2. The first kappa shape index (κ1) is 22.6. The van der Waals surface area contributed by atoms with Gasteiger partial charge in [-0.2, -0.15) is 0 Å². The molecular weight excluding hydrogens is 358 g/mol. The van der Waals surface area contributed by atoms with E-state index in [1.54, 1.807) is 0 Å². The number of hydrogen-bond acceptors (Lipinski definition) is 2. The second kappa shape index (κ2) is 9.23. The zero-order valence-electron chi connectivity index (χ0n) is 18.3. The van der Waals surface area contributed by atoms with E-state index in [-0.39, 0.29) is 6.42 Å². The molecule has 0 aliphatic heterocycles. The minimum Gasteiger partial charge on any atom is -0.487 e. The number of ether oxygens (including phenoxy) is 1. The van der Waals surface area contributed by atoms with Crippen LogP contribution in [0.3, 0.4) is 0 Å². The first-order chi connectivity index (χ1) is 13.0. The molecule has 5 heteroatoms. The van der Waals surface area contributed by atoms with E-state index in [2.05, 4.69) is 16.9 Å². The molecule has 0 amide bonds. The van der Waals surface area contributed by atoms with Crippen molar-refractivity contribution in [3.8, 4) is 5.75 Å². The van der Waals surface area contributed by atoms with Crippen LogP contribution in [0.4, 0.5) is 14.5 Å². The molecule has 0 atom stereocenters. The summed E-state index contributed by atoms with van der Waals surface area (Å²) < 4.78 is 33.8. The van der Waals surface area contributed by atoms with Crippen LogP contribution in [0, 0.1) is 19.3 Å². The van der Waals surface area contributed by atoms with Crippen LogP contribution in [-0.2, 0) is 0 Å². The Bertz CT molecular complexity index is 674. The number of aliphatic imine (C=N–C) groups is 1. The summed E-state index contributed by atoms with van der Waals surface area (Å²) in [6.45, 7) is 8.65. The van der Waals surface area contributed by atoms with Crippen molar-refractivity contribution in [2.45, 2.75) is 85.1 Å². The van der Waals surface area contributed by atoms with E-state index in [1.807, 2.05) is 53.1 Å². The van der Waals surface area contributed by atoms with Gasteiger partial charge in [0.25, 0.3) is 5.92 Å². The number of benzene rings is 1. The molecule has 2 rings (SSSR count). The predicted octanol–water partition coefficient (Wildman–Crippen LogP) is 6.68. The maximum Gasteiger partial charge on any atom is 0.281 e. The Morgan fingerprint density at radius 3 is 2.36 bits per heavy atom. The molecule has 3 nitrogen and oxygen atoms in total. The predicted molar refractivity (Wildman–Crippen MR) is 113 cm³/mol. The Labute approximate surface area is 169 Å². The van der Waals surface area contributed by atoms with Crippen LogP contribution in [-0.4, -0.2) is 36.9 Å². The zero-order chi connectivity index (χ0) is 20.9. The fourth-order valence-electron chi connectivity index (χ4n) is 3.82. The van der Waals surface area contributed by atoms with Crippen molar-refractivity contribution in [2.24, 2.45) is 10.4 Å². The standard InChI is InChI=1S/C23H36F2N2O/c1-17-13-21(28-15-23(24,25)14-22(3,4)5)18(2)12-20(17)26-16-27(6)19-10-8-7-9-11-19/h12-13,16,19H,7-11,14-15H2,1-6H3/b26-16+. The highest BCUT2D eigenvalue weighted by Crippen LogP contribution is 2.34. The van der Waals surface area contributed by atoms with E-state index in [1.165, 1.54) is 32.1 Å². The molecule has 0 aromatic heterocycles. The summed E-state index contributed by atoms with van der Waals surface area (Å²) in [6, 6.07) is 4.29. The third kappa shape index (κ3) is 7.06. The first-order valence-electron chi connectivity index (χ1n) is 10.3. The summed E-state index contributed by atoms with van der Waals surface area (Å²) >= 11 is 0. The van der Waals surface area contributed by atoms with Gasteiger partial charge in [0.15, 0.2) is 6.61 Å². The number of aryl methyl sites for hydroxylation is 2. The monoisotopic (exact) mass is 394 g/mol. The average molecular weight is 395 g/mol. The molecular formula is C23H36F2N2O. The molecule has 0 spiro atoms. The summed E-state index contributed by atoms with van der Waals surface area (Å²) in [4.78, 5) is 6.84. The normalized spacial score (nSPS) is 16.6. The minimum absolute atomic E-state index is 0.200. The maximum absolute atomic E-state index is 14.1. The highest BCUT2D eigenvalue weighted by Gasteiger charge is 2.35. The van der Waals surface area contributed by atoms with Crippen LogP contribution in [0.15, 0.2) is 17.1 Å². The molecule has 0 N–H and O–H groups in total. The van der Waals surface area contributed by atoms with Gasteiger partial charge in [-0.15, -0.1) is 0 Å². The molecule has 28 heavy (non-hydrogen) atoms. The smallest absolute Gasteiger partial charge is 0.281 e. The fourth-order valence-corrected chi connectivity index (χ4v) is 3.82. The van der Waals surface area contributed by atoms with Gasteiger partial charge in [0.1, 0.15) is 5.75 Å². The molecule has 0 unspecified atom stereocenters. The molecule has 1 saturated carbocycles. The first-order valence-corrected chi connectivity index (χ1v) is 10.3. The molecule has 1 aromatic carbocycles. The summed E-state index contributed by atoms with van der Waals surface area (Å²) in [7, 11) is 2.08. The van der Waals surface area contributed by atoms with E-state index in [0.717, 1.165) is 16.8 Å². The quantitative estimate of drug-likeness (QED) is 0.381. The number of nitrogens with zero attached hydrogens (tertiary/aromatic N) is 2. The van der Waals surface area contributed by atoms with Crippen LogP contribution >= 0.6 is 0 Å². The second-order valence-corrected chi connectivity index (χ2v) is 9.49. The van der Waals surface area contributed by atoms with Crippen LogP contribution in [0.1, 0.15) is 70.4 Å². The van der Waals surface area contributed by atoms with Crippen LogP contribution < -0.4 is 4.74 Å². The van der Waals surface area contributed by atoms with Gasteiger partial charge >= 0.3 is 0 Å². The fraction of sp³-hybridized carbons (Fsp3) is 0.696. The van der Waals surface area contributed by atoms with Gasteiger partial charge in [-0.1, -0.05) is 40.0 Å². The third-order valence-corrected chi connectivity index (χ3v) is 5.25. The Balaban J connectivity index is 2.02. The van der Waals surface area contributed by atoms with Crippen molar-refractivity contribution < 1.29 is 13.5 Å². The van der Waals surface area contributed by atoms with Gasteiger partial charge < -0.3 is 9.64 Å². The van der Waals surface area contributed by atoms with E-state index in [4.69, 9.17) is 4.74 Å². The van der Waals surface area contributed by atoms with Gasteiger partial charge in [-0.3, -0.25) is 0 Å². The number of hydrogen-bond donors (Lipinski definition) is 0. The van der Waals surface area contributed by atoms with Crippen LogP contribution in [0.2, 0.25) is 0 Å². The van der Waals surface area contributed by atoms with Crippen molar-refractivity contribution in [3.05, 3.63) is 23.3 Å². The van der Waals surface area contributed by atoms with E-state index in [0.29, 0.717) is 11.8 Å². The van der Waals surface area contributed by atoms with Crippen molar-refractivity contribution in [3.63, 3.8) is 0 Å². The molecule has 0 saturated heterocycles. The van der Waals surface area contributed by atoms with Crippen LogP contribution in [0.25, 0.3) is 0 Å². The molecule has 1 aliphatic rings. The Hall–Kier alpha value is -1.65. The molecule has 1 aliphatic carbocycles. The lowest BCUT2D eigenvalue weighted by Gasteiger charge is -2.29. The Morgan fingerprint density at radius 1 is 1.11 bits per heavy atom. The molecule has 0 heterocycles.